The predicted molar refractivity (Wildman–Crippen MR) is 92.1 cm³/mol. The summed E-state index contributed by atoms with van der Waals surface area (Å²) in [5.41, 5.74) is 8.26. The molecule has 0 radical (unpaired) electrons. The summed E-state index contributed by atoms with van der Waals surface area (Å²) in [6.07, 6.45) is 1.73. The van der Waals surface area contributed by atoms with Crippen molar-refractivity contribution in [2.24, 2.45) is 11.7 Å². The summed E-state index contributed by atoms with van der Waals surface area (Å²) in [5.74, 6) is 1.23. The van der Waals surface area contributed by atoms with Crippen molar-refractivity contribution in [3.05, 3.63) is 63.1 Å². The lowest BCUT2D eigenvalue weighted by molar-refractivity contribution is 0.404. The van der Waals surface area contributed by atoms with Gasteiger partial charge in [-0.15, -0.1) is 0 Å². The first kappa shape index (κ1) is 16.3. The Morgan fingerprint density at radius 1 is 1.14 bits per heavy atom. The van der Waals surface area contributed by atoms with Crippen LogP contribution in [-0.2, 0) is 12.8 Å². The molecular weight excluding hydrogens is 350 g/mol. The van der Waals surface area contributed by atoms with Crippen molar-refractivity contribution in [3.63, 3.8) is 0 Å². The van der Waals surface area contributed by atoms with Crippen molar-refractivity contribution in [2.75, 3.05) is 13.7 Å². The van der Waals surface area contributed by atoms with Gasteiger partial charge in [0.25, 0.3) is 0 Å². The van der Waals surface area contributed by atoms with Crippen LogP contribution < -0.4 is 10.5 Å². The number of halogens is 2. The molecule has 2 N–H and O–H groups in total. The van der Waals surface area contributed by atoms with Crippen molar-refractivity contribution in [2.45, 2.75) is 12.8 Å². The molecular formula is C17H19BrClNO. The van der Waals surface area contributed by atoms with Crippen LogP contribution in [0.3, 0.4) is 0 Å². The van der Waals surface area contributed by atoms with E-state index in [1.807, 2.05) is 30.3 Å². The molecule has 1 atom stereocenters. The topological polar surface area (TPSA) is 35.2 Å². The van der Waals surface area contributed by atoms with E-state index >= 15 is 0 Å². The van der Waals surface area contributed by atoms with Gasteiger partial charge in [-0.2, -0.15) is 0 Å². The summed E-state index contributed by atoms with van der Waals surface area (Å²) in [6, 6.07) is 14.0. The maximum Gasteiger partial charge on any atom is 0.122 e. The van der Waals surface area contributed by atoms with Crippen LogP contribution in [-0.4, -0.2) is 13.7 Å². The Morgan fingerprint density at radius 2 is 1.86 bits per heavy atom. The number of rotatable bonds is 6. The van der Waals surface area contributed by atoms with Crippen LogP contribution in [0, 0.1) is 5.92 Å². The van der Waals surface area contributed by atoms with Crippen LogP contribution in [0.1, 0.15) is 11.1 Å². The maximum atomic E-state index is 6.24. The van der Waals surface area contributed by atoms with E-state index in [1.165, 1.54) is 0 Å². The summed E-state index contributed by atoms with van der Waals surface area (Å²) in [6.45, 7) is 0.612. The molecule has 0 bridgehead atoms. The number of hydrogen-bond donors (Lipinski definition) is 1. The van der Waals surface area contributed by atoms with E-state index in [0.29, 0.717) is 12.5 Å². The Balaban J connectivity index is 2.16. The largest absolute Gasteiger partial charge is 0.496 e. The fourth-order valence-corrected chi connectivity index (χ4v) is 3.05. The Hall–Kier alpha value is -1.03. The Bertz CT molecular complexity index is 603. The third kappa shape index (κ3) is 4.47. The second-order valence-electron chi connectivity index (χ2n) is 5.06. The van der Waals surface area contributed by atoms with Gasteiger partial charge in [0.15, 0.2) is 0 Å². The smallest absolute Gasteiger partial charge is 0.122 e. The van der Waals surface area contributed by atoms with Gasteiger partial charge in [-0.1, -0.05) is 45.7 Å². The highest BCUT2D eigenvalue weighted by Crippen LogP contribution is 2.27. The third-order valence-electron chi connectivity index (χ3n) is 3.55. The normalized spacial score (nSPS) is 12.2. The van der Waals surface area contributed by atoms with Gasteiger partial charge in [-0.3, -0.25) is 0 Å². The molecule has 2 rings (SSSR count). The summed E-state index contributed by atoms with van der Waals surface area (Å²) >= 11 is 9.75. The quantitative estimate of drug-likeness (QED) is 0.816. The van der Waals surface area contributed by atoms with E-state index in [-0.39, 0.29) is 0 Å². The van der Waals surface area contributed by atoms with Crippen LogP contribution in [0.15, 0.2) is 46.9 Å². The lowest BCUT2D eigenvalue weighted by Crippen LogP contribution is -2.20. The highest BCUT2D eigenvalue weighted by atomic mass is 79.9. The van der Waals surface area contributed by atoms with Gasteiger partial charge >= 0.3 is 0 Å². The first-order chi connectivity index (χ1) is 10.1. The number of nitrogens with two attached hydrogens (primary N) is 1. The van der Waals surface area contributed by atoms with Gasteiger partial charge in [-0.25, -0.2) is 0 Å². The Morgan fingerprint density at radius 3 is 2.52 bits per heavy atom. The van der Waals surface area contributed by atoms with E-state index in [9.17, 15) is 0 Å². The molecule has 2 nitrogen and oxygen atoms in total. The van der Waals surface area contributed by atoms with Crippen molar-refractivity contribution >= 4 is 27.5 Å². The van der Waals surface area contributed by atoms with Crippen LogP contribution in [0.5, 0.6) is 5.75 Å². The SMILES string of the molecule is COc1ccc(Br)cc1CC(CN)Cc1ccccc1Cl. The monoisotopic (exact) mass is 367 g/mol. The van der Waals surface area contributed by atoms with Crippen molar-refractivity contribution < 1.29 is 4.74 Å². The molecule has 0 saturated heterocycles. The van der Waals surface area contributed by atoms with Crippen molar-refractivity contribution in [3.8, 4) is 5.75 Å². The summed E-state index contributed by atoms with van der Waals surface area (Å²) in [5, 5.41) is 0.803. The fourth-order valence-electron chi connectivity index (χ4n) is 2.43. The minimum Gasteiger partial charge on any atom is -0.496 e. The molecule has 0 heterocycles. The molecule has 2 aromatic carbocycles. The second kappa shape index (κ2) is 7.83. The Kier molecular flexibility index (Phi) is 6.09. The molecule has 2 aromatic rings. The van der Waals surface area contributed by atoms with Crippen LogP contribution in [0.4, 0.5) is 0 Å². The molecule has 0 aliphatic rings. The van der Waals surface area contributed by atoms with Gasteiger partial charge in [0, 0.05) is 9.50 Å². The van der Waals surface area contributed by atoms with Gasteiger partial charge in [0.05, 0.1) is 7.11 Å². The summed E-state index contributed by atoms with van der Waals surface area (Å²) in [4.78, 5) is 0. The molecule has 0 fully saturated rings. The molecule has 0 aliphatic carbocycles. The highest BCUT2D eigenvalue weighted by Gasteiger charge is 2.14. The third-order valence-corrected chi connectivity index (χ3v) is 4.41. The van der Waals surface area contributed by atoms with E-state index in [4.69, 9.17) is 22.1 Å². The first-order valence-electron chi connectivity index (χ1n) is 6.90. The average Bonchev–Trinajstić information content (AvgIpc) is 2.49. The molecule has 0 aliphatic heterocycles. The van der Waals surface area contributed by atoms with Crippen LogP contribution in [0.2, 0.25) is 5.02 Å². The van der Waals surface area contributed by atoms with Gasteiger partial charge < -0.3 is 10.5 Å². The standard InChI is InChI=1S/C17H19BrClNO/c1-21-17-7-6-15(18)10-14(17)9-12(11-20)8-13-4-2-3-5-16(13)19/h2-7,10,12H,8-9,11,20H2,1H3. The predicted octanol–water partition coefficient (Wildman–Crippen LogP) is 4.47. The van der Waals surface area contributed by atoms with Crippen molar-refractivity contribution in [1.29, 1.82) is 0 Å². The number of hydrogen-bond acceptors (Lipinski definition) is 2. The minimum atomic E-state index is 0.327. The zero-order valence-electron chi connectivity index (χ0n) is 12.0. The lowest BCUT2D eigenvalue weighted by Gasteiger charge is -2.18. The maximum absolute atomic E-state index is 6.24. The molecule has 21 heavy (non-hydrogen) atoms. The zero-order valence-corrected chi connectivity index (χ0v) is 14.3. The van der Waals surface area contributed by atoms with Gasteiger partial charge in [0.2, 0.25) is 0 Å². The van der Waals surface area contributed by atoms with Gasteiger partial charge in [-0.05, 0) is 60.7 Å². The first-order valence-corrected chi connectivity index (χ1v) is 8.07. The number of ether oxygens (including phenoxy) is 1. The number of benzene rings is 2. The molecule has 0 amide bonds. The lowest BCUT2D eigenvalue weighted by atomic mass is 9.92. The van der Waals surface area contributed by atoms with E-state index in [0.717, 1.165) is 39.2 Å². The van der Waals surface area contributed by atoms with Crippen LogP contribution >= 0.6 is 27.5 Å². The molecule has 0 spiro atoms. The summed E-state index contributed by atoms with van der Waals surface area (Å²) in [7, 11) is 1.69. The van der Waals surface area contributed by atoms with Crippen molar-refractivity contribution in [1.82, 2.24) is 0 Å². The number of methoxy groups -OCH3 is 1. The molecule has 0 saturated carbocycles. The van der Waals surface area contributed by atoms with E-state index in [1.54, 1.807) is 7.11 Å². The average molecular weight is 369 g/mol. The van der Waals surface area contributed by atoms with E-state index in [2.05, 4.69) is 28.1 Å². The molecule has 1 unspecified atom stereocenters. The molecule has 112 valence electrons. The molecule has 4 heteroatoms. The van der Waals surface area contributed by atoms with Crippen LogP contribution in [0.25, 0.3) is 0 Å². The van der Waals surface area contributed by atoms with Gasteiger partial charge in [0.1, 0.15) is 5.75 Å². The fraction of sp³-hybridized carbons (Fsp3) is 0.294. The second-order valence-corrected chi connectivity index (χ2v) is 6.38. The van der Waals surface area contributed by atoms with E-state index < -0.39 is 0 Å². The Labute approximate surface area is 139 Å². The highest BCUT2D eigenvalue weighted by molar-refractivity contribution is 9.10. The molecule has 0 aromatic heterocycles. The minimum absolute atomic E-state index is 0.327. The summed E-state index contributed by atoms with van der Waals surface area (Å²) < 4.78 is 6.48. The zero-order chi connectivity index (χ0) is 15.2.